The Morgan fingerprint density at radius 1 is 0.833 bits per heavy atom. The van der Waals surface area contributed by atoms with E-state index in [2.05, 4.69) is 15.3 Å². The van der Waals surface area contributed by atoms with Crippen LogP contribution in [0.3, 0.4) is 0 Å². The molecule has 10 heteroatoms. The lowest BCUT2D eigenvalue weighted by Crippen LogP contribution is -2.09. The molecule has 5 aromatic rings. The maximum absolute atomic E-state index is 10.6. The first-order chi connectivity index (χ1) is 17.7. The summed E-state index contributed by atoms with van der Waals surface area (Å²) in [5.41, 5.74) is 3.15. The van der Waals surface area contributed by atoms with Gasteiger partial charge in [-0.2, -0.15) is 5.10 Å². The number of hydrogen-bond donors (Lipinski definition) is 1. The number of hydrogen-bond acceptors (Lipinski definition) is 7. The fraction of sp³-hybridized carbons (Fsp3) is 0.154. The Morgan fingerprint density at radius 2 is 1.53 bits per heavy atom. The highest BCUT2D eigenvalue weighted by Crippen LogP contribution is 2.26. The molecule has 0 saturated heterocycles. The molecule has 0 aliphatic heterocycles. The minimum absolute atomic E-state index is 0.382. The van der Waals surface area contributed by atoms with Crippen LogP contribution >= 0.6 is 0 Å². The number of ether oxygens (including phenoxy) is 3. The highest BCUT2D eigenvalue weighted by molar-refractivity contribution is 5.73. The molecule has 0 spiro atoms. The summed E-state index contributed by atoms with van der Waals surface area (Å²) in [5.74, 6) is 0.755. The Morgan fingerprint density at radius 3 is 2.19 bits per heavy atom. The Hall–Kier alpha value is -4.86. The van der Waals surface area contributed by atoms with Gasteiger partial charge < -0.3 is 19.3 Å². The molecule has 3 aromatic carbocycles. The zero-order valence-electron chi connectivity index (χ0n) is 19.2. The van der Waals surface area contributed by atoms with E-state index in [1.54, 1.807) is 39.9 Å². The molecule has 0 fully saturated rings. The number of aliphatic carboxylic acids is 1. The molecular formula is C26H23N5O5. The summed E-state index contributed by atoms with van der Waals surface area (Å²) in [6.07, 6.45) is 4.24. The lowest BCUT2D eigenvalue weighted by molar-refractivity contribution is -0.139. The molecule has 0 saturated carbocycles. The predicted molar refractivity (Wildman–Crippen MR) is 131 cm³/mol. The summed E-state index contributed by atoms with van der Waals surface area (Å²) in [5, 5.41) is 22.2. The second-order valence-electron chi connectivity index (χ2n) is 7.79. The van der Waals surface area contributed by atoms with E-state index < -0.39 is 5.97 Å². The number of rotatable bonds is 11. The third kappa shape index (κ3) is 5.44. The average Bonchev–Trinajstić information content (AvgIpc) is 3.58. The lowest BCUT2D eigenvalue weighted by atomic mass is 10.2. The number of carboxylic acids is 1. The molecule has 0 amide bonds. The molecule has 182 valence electrons. The van der Waals surface area contributed by atoms with E-state index in [1.165, 1.54) is 0 Å². The van der Waals surface area contributed by atoms with Crippen molar-refractivity contribution < 1.29 is 24.1 Å². The number of benzene rings is 3. The molecule has 5 rings (SSSR count). The van der Waals surface area contributed by atoms with Crippen LogP contribution in [0.2, 0.25) is 0 Å². The van der Waals surface area contributed by atoms with Crippen molar-refractivity contribution >= 4 is 17.0 Å². The fourth-order valence-corrected chi connectivity index (χ4v) is 3.52. The highest BCUT2D eigenvalue weighted by atomic mass is 16.5. The minimum atomic E-state index is -1.02. The summed E-state index contributed by atoms with van der Waals surface area (Å²) in [7, 11) is 0. The first kappa shape index (κ1) is 22.9. The van der Waals surface area contributed by atoms with Gasteiger partial charge in [-0.25, -0.2) is 9.48 Å². The van der Waals surface area contributed by atoms with E-state index in [4.69, 9.17) is 19.3 Å². The van der Waals surface area contributed by atoms with Crippen molar-refractivity contribution in [2.24, 2.45) is 0 Å². The summed E-state index contributed by atoms with van der Waals surface area (Å²) in [6.45, 7) is 0.487. The third-order valence-corrected chi connectivity index (χ3v) is 5.21. The second-order valence-corrected chi connectivity index (χ2v) is 7.79. The zero-order valence-corrected chi connectivity index (χ0v) is 19.2. The van der Waals surface area contributed by atoms with Gasteiger partial charge in [0.05, 0.1) is 18.9 Å². The monoisotopic (exact) mass is 485 g/mol. The van der Waals surface area contributed by atoms with Crippen molar-refractivity contribution in [1.29, 1.82) is 0 Å². The van der Waals surface area contributed by atoms with Crippen LogP contribution < -0.4 is 14.2 Å². The van der Waals surface area contributed by atoms with Crippen molar-refractivity contribution in [1.82, 2.24) is 24.8 Å². The molecular weight excluding hydrogens is 462 g/mol. The van der Waals surface area contributed by atoms with Gasteiger partial charge >= 0.3 is 5.97 Å². The van der Waals surface area contributed by atoms with Crippen LogP contribution in [0.15, 0.2) is 85.2 Å². The SMILES string of the molecule is O=C(O)COc1ccc(OCCCOc2ccc(-n3cccn3)cc2-n2nc3ccccc3n2)cc1. The van der Waals surface area contributed by atoms with Gasteiger partial charge in [-0.3, -0.25) is 0 Å². The van der Waals surface area contributed by atoms with Crippen molar-refractivity contribution in [2.45, 2.75) is 6.42 Å². The molecule has 2 aromatic heterocycles. The molecule has 0 radical (unpaired) electrons. The number of nitrogens with zero attached hydrogens (tertiary/aromatic N) is 5. The smallest absolute Gasteiger partial charge is 0.341 e. The van der Waals surface area contributed by atoms with E-state index in [0.717, 1.165) is 16.7 Å². The summed E-state index contributed by atoms with van der Waals surface area (Å²) in [6, 6.07) is 22.1. The quantitative estimate of drug-likeness (QED) is 0.280. The lowest BCUT2D eigenvalue weighted by Gasteiger charge is -2.13. The number of aromatic nitrogens is 5. The van der Waals surface area contributed by atoms with Crippen LogP contribution in [0.1, 0.15) is 6.42 Å². The largest absolute Gasteiger partial charge is 0.493 e. The molecule has 2 heterocycles. The van der Waals surface area contributed by atoms with Crippen molar-refractivity contribution in [3.05, 3.63) is 85.2 Å². The Balaban J connectivity index is 1.23. The van der Waals surface area contributed by atoms with E-state index >= 15 is 0 Å². The van der Waals surface area contributed by atoms with Crippen LogP contribution in [-0.2, 0) is 4.79 Å². The Bertz CT molecular complexity index is 1410. The van der Waals surface area contributed by atoms with Crippen molar-refractivity contribution in [3.63, 3.8) is 0 Å². The summed E-state index contributed by atoms with van der Waals surface area (Å²) >= 11 is 0. The van der Waals surface area contributed by atoms with Gasteiger partial charge in [-0.1, -0.05) is 12.1 Å². The normalized spacial score (nSPS) is 10.9. The maximum Gasteiger partial charge on any atom is 0.341 e. The molecule has 1 N–H and O–H groups in total. The number of carbonyl (C=O) groups is 1. The van der Waals surface area contributed by atoms with Gasteiger partial charge in [-0.15, -0.1) is 15.0 Å². The molecule has 0 unspecified atom stereocenters. The van der Waals surface area contributed by atoms with Gasteiger partial charge in [0.15, 0.2) is 6.61 Å². The van der Waals surface area contributed by atoms with Crippen molar-refractivity contribution in [2.75, 3.05) is 19.8 Å². The van der Waals surface area contributed by atoms with Crippen molar-refractivity contribution in [3.8, 4) is 28.6 Å². The molecule has 0 aliphatic carbocycles. The van der Waals surface area contributed by atoms with Gasteiger partial charge in [-0.05, 0) is 60.7 Å². The minimum Gasteiger partial charge on any atom is -0.493 e. The summed E-state index contributed by atoms with van der Waals surface area (Å²) < 4.78 is 18.7. The van der Waals surface area contributed by atoms with Crippen LogP contribution in [0.4, 0.5) is 0 Å². The van der Waals surface area contributed by atoms with E-state index in [9.17, 15) is 4.79 Å². The van der Waals surface area contributed by atoms with Gasteiger partial charge in [0.2, 0.25) is 0 Å². The molecule has 36 heavy (non-hydrogen) atoms. The molecule has 10 nitrogen and oxygen atoms in total. The van der Waals surface area contributed by atoms with E-state index in [0.29, 0.717) is 42.6 Å². The molecule has 0 aliphatic rings. The van der Waals surface area contributed by atoms with Gasteiger partial charge in [0.25, 0.3) is 0 Å². The third-order valence-electron chi connectivity index (χ3n) is 5.21. The van der Waals surface area contributed by atoms with Crippen LogP contribution in [0, 0.1) is 0 Å². The second kappa shape index (κ2) is 10.6. The van der Waals surface area contributed by atoms with Gasteiger partial charge in [0.1, 0.15) is 34.0 Å². The maximum atomic E-state index is 10.6. The summed E-state index contributed by atoms with van der Waals surface area (Å²) in [4.78, 5) is 12.2. The standard InChI is InChI=1S/C26H23N5O5/c32-26(33)18-36-21-10-8-20(9-11-21)34-15-4-16-35-25-12-7-19(30-14-3-13-27-30)17-24(25)31-28-22-5-1-2-6-23(22)29-31/h1-3,5-14,17H,4,15-16,18H2,(H,32,33). The molecule has 0 bridgehead atoms. The first-order valence-electron chi connectivity index (χ1n) is 11.3. The Labute approximate surface area is 206 Å². The average molecular weight is 486 g/mol. The zero-order chi connectivity index (χ0) is 24.7. The topological polar surface area (TPSA) is 114 Å². The Kier molecular flexibility index (Phi) is 6.74. The first-order valence-corrected chi connectivity index (χ1v) is 11.3. The highest BCUT2D eigenvalue weighted by Gasteiger charge is 2.13. The molecule has 0 atom stereocenters. The van der Waals surface area contributed by atoms with E-state index in [1.807, 2.05) is 54.7 Å². The van der Waals surface area contributed by atoms with Gasteiger partial charge in [0, 0.05) is 18.8 Å². The predicted octanol–water partition coefficient (Wildman–Crippen LogP) is 3.92. The van der Waals surface area contributed by atoms with E-state index in [-0.39, 0.29) is 6.61 Å². The fourth-order valence-electron chi connectivity index (χ4n) is 3.52. The number of carboxylic acid groups (broad SMARTS) is 1. The van der Waals surface area contributed by atoms with Crippen LogP contribution in [0.5, 0.6) is 17.2 Å². The van der Waals surface area contributed by atoms with Crippen LogP contribution in [0.25, 0.3) is 22.4 Å². The number of fused-ring (bicyclic) bond motifs is 1. The van der Waals surface area contributed by atoms with Crippen LogP contribution in [-0.4, -0.2) is 55.7 Å².